The first-order chi connectivity index (χ1) is 11.0. The molecule has 3 N–H and O–H groups in total. The van der Waals surface area contributed by atoms with Crippen LogP contribution in [0, 0.1) is 0 Å². The summed E-state index contributed by atoms with van der Waals surface area (Å²) in [5.74, 6) is 0.461. The van der Waals surface area contributed by atoms with E-state index in [4.69, 9.17) is 4.74 Å². The van der Waals surface area contributed by atoms with Crippen molar-refractivity contribution in [3.8, 4) is 11.5 Å². The molecule has 6 nitrogen and oxygen atoms in total. The molecule has 1 amide bonds. The van der Waals surface area contributed by atoms with E-state index in [-0.39, 0.29) is 11.8 Å². The highest BCUT2D eigenvalue weighted by Gasteiger charge is 2.72. The molecule has 1 spiro atoms. The quantitative estimate of drug-likeness (QED) is 0.638. The summed E-state index contributed by atoms with van der Waals surface area (Å²) in [6.45, 7) is 0.525. The molecule has 2 aliphatic heterocycles. The zero-order chi connectivity index (χ0) is 16.0. The first-order valence-corrected chi connectivity index (χ1v) is 8.16. The lowest BCUT2D eigenvalue weighted by Crippen LogP contribution is -2.76. The van der Waals surface area contributed by atoms with E-state index in [1.165, 1.54) is 0 Å². The van der Waals surface area contributed by atoms with Crippen molar-refractivity contribution >= 4 is 6.41 Å². The fraction of sp³-hybridized carbons (Fsp3) is 0.588. The fourth-order valence-corrected chi connectivity index (χ4v) is 5.68. The van der Waals surface area contributed by atoms with Crippen LogP contribution < -0.4 is 4.74 Å². The van der Waals surface area contributed by atoms with Crippen LogP contribution >= 0.6 is 0 Å². The molecule has 2 fully saturated rings. The first-order valence-electron chi connectivity index (χ1n) is 8.16. The maximum absolute atomic E-state index is 11.6. The van der Waals surface area contributed by atoms with Crippen molar-refractivity contribution in [1.29, 1.82) is 0 Å². The molecule has 2 heterocycles. The van der Waals surface area contributed by atoms with Gasteiger partial charge in [0, 0.05) is 12.1 Å². The molecule has 1 aromatic rings. The van der Waals surface area contributed by atoms with Crippen LogP contribution in [0.15, 0.2) is 12.1 Å². The number of rotatable bonds is 1. The first kappa shape index (κ1) is 13.6. The molecule has 2 aliphatic carbocycles. The summed E-state index contributed by atoms with van der Waals surface area (Å²) in [6, 6.07) is 3.14. The van der Waals surface area contributed by atoms with Crippen LogP contribution in [-0.2, 0) is 16.6 Å². The molecular weight excluding hydrogens is 298 g/mol. The minimum atomic E-state index is -1.12. The third-order valence-corrected chi connectivity index (χ3v) is 6.61. The number of carbonyl (C=O) groups is 1. The predicted molar refractivity (Wildman–Crippen MR) is 79.3 cm³/mol. The smallest absolute Gasteiger partial charge is 0.210 e. The van der Waals surface area contributed by atoms with Crippen LogP contribution in [0.5, 0.6) is 11.5 Å². The predicted octanol–water partition coefficient (Wildman–Crippen LogP) is 0.0636. The standard InChI is InChI=1S/C17H19NO5/c19-8-18-6-5-16-13-9-1-2-10(20)14(13)23-15(16)11(21)3-4-17(16,22)12(18)7-9/h1-2,8,11-12,15,20-22H,3-7H2/t11-,12+,15-,16-,17+/m0/s1. The lowest BCUT2D eigenvalue weighted by Gasteiger charge is -2.63. The number of nitrogens with zero attached hydrogens (tertiary/aromatic N) is 1. The number of carbonyl (C=O) groups excluding carboxylic acids is 1. The largest absolute Gasteiger partial charge is 0.504 e. The van der Waals surface area contributed by atoms with Crippen molar-refractivity contribution in [2.45, 2.75) is 54.9 Å². The minimum absolute atomic E-state index is 0.0540. The SMILES string of the molecule is O=CN1CC[C@]23c4c5ccc(O)c4O[C@H]2[C@@H](O)CC[C@@]3(O)[C@H]1C5. The van der Waals surface area contributed by atoms with Crippen molar-refractivity contribution in [2.75, 3.05) is 6.54 Å². The molecule has 2 bridgehead atoms. The van der Waals surface area contributed by atoms with Gasteiger partial charge in [-0.15, -0.1) is 0 Å². The maximum atomic E-state index is 11.6. The van der Waals surface area contributed by atoms with Gasteiger partial charge in [0.2, 0.25) is 6.41 Å². The lowest BCUT2D eigenvalue weighted by molar-refractivity contribution is -0.205. The second-order valence-electron chi connectivity index (χ2n) is 7.30. The highest BCUT2D eigenvalue weighted by atomic mass is 16.5. The molecule has 1 saturated heterocycles. The molecule has 0 unspecified atom stereocenters. The zero-order valence-corrected chi connectivity index (χ0v) is 12.6. The van der Waals surface area contributed by atoms with Gasteiger partial charge in [-0.2, -0.15) is 0 Å². The lowest BCUT2D eigenvalue weighted by atomic mass is 9.49. The molecule has 0 aromatic heterocycles. The molecule has 1 aromatic carbocycles. The third kappa shape index (κ3) is 1.29. The highest BCUT2D eigenvalue weighted by molar-refractivity contribution is 5.64. The zero-order valence-electron chi connectivity index (χ0n) is 12.6. The average molecular weight is 317 g/mol. The number of aromatic hydroxyl groups is 1. The van der Waals surface area contributed by atoms with Crippen LogP contribution in [0.3, 0.4) is 0 Å². The molecular formula is C17H19NO5. The van der Waals surface area contributed by atoms with E-state index in [0.29, 0.717) is 38.0 Å². The molecule has 6 heteroatoms. The van der Waals surface area contributed by atoms with Crippen LogP contribution in [0.25, 0.3) is 0 Å². The van der Waals surface area contributed by atoms with Gasteiger partial charge in [0.25, 0.3) is 0 Å². The summed E-state index contributed by atoms with van der Waals surface area (Å²) in [5, 5.41) is 32.4. The van der Waals surface area contributed by atoms with Gasteiger partial charge in [0.15, 0.2) is 11.5 Å². The van der Waals surface area contributed by atoms with Crippen molar-refractivity contribution in [3.05, 3.63) is 23.3 Å². The summed E-state index contributed by atoms with van der Waals surface area (Å²) in [5.41, 5.74) is -0.0142. The van der Waals surface area contributed by atoms with Gasteiger partial charge < -0.3 is 25.0 Å². The Balaban J connectivity index is 1.84. The minimum Gasteiger partial charge on any atom is -0.504 e. The Bertz CT molecular complexity index is 721. The summed E-state index contributed by atoms with van der Waals surface area (Å²) in [7, 11) is 0. The van der Waals surface area contributed by atoms with Crippen LogP contribution in [0.4, 0.5) is 0 Å². The Labute approximate surface area is 133 Å². The molecule has 122 valence electrons. The molecule has 4 aliphatic rings. The van der Waals surface area contributed by atoms with E-state index in [9.17, 15) is 20.1 Å². The normalized spacial score (nSPS) is 42.9. The number of aliphatic hydroxyl groups is 2. The number of phenolic OH excluding ortho intramolecular Hbond substituents is 1. The Morgan fingerprint density at radius 1 is 1.35 bits per heavy atom. The molecule has 0 radical (unpaired) electrons. The van der Waals surface area contributed by atoms with Gasteiger partial charge in [-0.25, -0.2) is 0 Å². The molecule has 5 rings (SSSR count). The Morgan fingerprint density at radius 3 is 2.96 bits per heavy atom. The van der Waals surface area contributed by atoms with Crippen molar-refractivity contribution in [1.82, 2.24) is 4.90 Å². The third-order valence-electron chi connectivity index (χ3n) is 6.61. The van der Waals surface area contributed by atoms with E-state index < -0.39 is 23.2 Å². The number of hydrogen-bond donors (Lipinski definition) is 3. The van der Waals surface area contributed by atoms with Crippen molar-refractivity contribution < 1.29 is 24.9 Å². The van der Waals surface area contributed by atoms with E-state index in [1.54, 1.807) is 11.0 Å². The molecule has 5 atom stereocenters. The van der Waals surface area contributed by atoms with E-state index >= 15 is 0 Å². The van der Waals surface area contributed by atoms with Gasteiger partial charge in [0.1, 0.15) is 6.10 Å². The number of ether oxygens (including phenoxy) is 1. The molecule has 23 heavy (non-hydrogen) atoms. The Kier molecular flexibility index (Phi) is 2.37. The summed E-state index contributed by atoms with van der Waals surface area (Å²) in [6.07, 6.45) is 1.50. The summed E-state index contributed by atoms with van der Waals surface area (Å²) in [4.78, 5) is 13.2. The maximum Gasteiger partial charge on any atom is 0.210 e. The fourth-order valence-electron chi connectivity index (χ4n) is 5.68. The van der Waals surface area contributed by atoms with Crippen LogP contribution in [0.1, 0.15) is 30.4 Å². The second-order valence-corrected chi connectivity index (χ2v) is 7.30. The van der Waals surface area contributed by atoms with Gasteiger partial charge in [-0.3, -0.25) is 4.79 Å². The second kappa shape index (κ2) is 3.99. The Hall–Kier alpha value is -1.79. The van der Waals surface area contributed by atoms with Crippen molar-refractivity contribution in [2.24, 2.45) is 0 Å². The number of benzene rings is 1. The topological polar surface area (TPSA) is 90.2 Å². The van der Waals surface area contributed by atoms with Crippen LogP contribution in [-0.4, -0.2) is 57.0 Å². The van der Waals surface area contributed by atoms with Crippen molar-refractivity contribution in [3.63, 3.8) is 0 Å². The number of aliphatic hydroxyl groups excluding tert-OH is 1. The number of piperidine rings is 1. The Morgan fingerprint density at radius 2 is 2.17 bits per heavy atom. The van der Waals surface area contributed by atoms with E-state index in [1.807, 2.05) is 6.07 Å². The monoisotopic (exact) mass is 317 g/mol. The number of amides is 1. The summed E-state index contributed by atoms with van der Waals surface area (Å²) >= 11 is 0. The van der Waals surface area contributed by atoms with Gasteiger partial charge >= 0.3 is 0 Å². The van der Waals surface area contributed by atoms with Gasteiger partial charge in [-0.05, 0) is 37.3 Å². The van der Waals surface area contributed by atoms with Gasteiger partial charge in [0.05, 0.1) is 23.2 Å². The summed E-state index contributed by atoms with van der Waals surface area (Å²) < 4.78 is 5.99. The van der Waals surface area contributed by atoms with Gasteiger partial charge in [-0.1, -0.05) is 6.07 Å². The van der Waals surface area contributed by atoms with E-state index in [2.05, 4.69) is 0 Å². The molecule has 1 saturated carbocycles. The van der Waals surface area contributed by atoms with E-state index in [0.717, 1.165) is 17.5 Å². The number of phenols is 1. The highest BCUT2D eigenvalue weighted by Crippen LogP contribution is 2.65. The number of likely N-dealkylation sites (tertiary alicyclic amines) is 1. The van der Waals surface area contributed by atoms with Crippen LogP contribution in [0.2, 0.25) is 0 Å². The average Bonchev–Trinajstić information content (AvgIpc) is 2.89. The number of hydrogen-bond acceptors (Lipinski definition) is 5.